The summed E-state index contributed by atoms with van der Waals surface area (Å²) in [7, 11) is 0. The highest BCUT2D eigenvalue weighted by Gasteiger charge is 2.44. The molecule has 1 saturated heterocycles. The van der Waals surface area contributed by atoms with Crippen LogP contribution in [0.1, 0.15) is 11.8 Å². The lowest BCUT2D eigenvalue weighted by atomic mass is 10.1. The Kier molecular flexibility index (Phi) is 5.67. The zero-order chi connectivity index (χ0) is 19.8. The second-order valence-electron chi connectivity index (χ2n) is 6.34. The van der Waals surface area contributed by atoms with Crippen LogP contribution in [0.4, 0.5) is 5.82 Å². The average Bonchev–Trinajstić information content (AvgIpc) is 3.22. The minimum atomic E-state index is -1.24. The van der Waals surface area contributed by atoms with Crippen molar-refractivity contribution in [1.29, 1.82) is 0 Å². The number of aromatic nitrogens is 4. The maximum absolute atomic E-state index is 10.3. The number of aliphatic hydroxyl groups excluding tert-OH is 3. The first kappa shape index (κ1) is 19.7. The third-order valence-electron chi connectivity index (χ3n) is 4.59. The van der Waals surface area contributed by atoms with Gasteiger partial charge in [-0.2, -0.15) is 9.97 Å². The van der Waals surface area contributed by atoms with Crippen LogP contribution in [-0.2, 0) is 11.3 Å². The first-order valence-electron chi connectivity index (χ1n) is 8.49. The Bertz CT molecular complexity index is 1000. The Morgan fingerprint density at radius 2 is 2.00 bits per heavy atom. The topological polar surface area (TPSA) is 126 Å². The summed E-state index contributed by atoms with van der Waals surface area (Å²) in [6, 6.07) is 7.94. The number of halogens is 2. The molecule has 0 saturated carbocycles. The summed E-state index contributed by atoms with van der Waals surface area (Å²) >= 11 is 8.36. The molecule has 11 heteroatoms. The van der Waals surface area contributed by atoms with Crippen LogP contribution in [-0.4, -0.2) is 59.8 Å². The second-order valence-corrected chi connectivity index (χ2v) is 7.84. The van der Waals surface area contributed by atoms with Gasteiger partial charge in [-0.1, -0.05) is 18.2 Å². The van der Waals surface area contributed by atoms with Crippen molar-refractivity contribution in [2.45, 2.75) is 31.1 Å². The van der Waals surface area contributed by atoms with Gasteiger partial charge in [0.2, 0.25) is 5.28 Å². The largest absolute Gasteiger partial charge is 0.394 e. The monoisotopic (exact) mass is 517 g/mol. The van der Waals surface area contributed by atoms with E-state index in [0.717, 1.165) is 9.13 Å². The van der Waals surface area contributed by atoms with Crippen molar-refractivity contribution >= 4 is 51.2 Å². The summed E-state index contributed by atoms with van der Waals surface area (Å²) in [6.45, 7) is 0.0991. The van der Waals surface area contributed by atoms with Gasteiger partial charge in [0, 0.05) is 10.1 Å². The Hall–Kier alpha value is -1.57. The summed E-state index contributed by atoms with van der Waals surface area (Å²) in [4.78, 5) is 12.8. The van der Waals surface area contributed by atoms with Crippen LogP contribution in [0.3, 0.4) is 0 Å². The van der Waals surface area contributed by atoms with Crippen molar-refractivity contribution in [3.63, 3.8) is 0 Å². The highest BCUT2D eigenvalue weighted by molar-refractivity contribution is 14.1. The van der Waals surface area contributed by atoms with Gasteiger partial charge in [0.15, 0.2) is 23.2 Å². The van der Waals surface area contributed by atoms with E-state index >= 15 is 0 Å². The Balaban J connectivity index is 1.66. The summed E-state index contributed by atoms with van der Waals surface area (Å²) < 4.78 is 8.15. The molecule has 0 spiro atoms. The number of aliphatic hydroxyl groups is 3. The Morgan fingerprint density at radius 1 is 1.21 bits per heavy atom. The van der Waals surface area contributed by atoms with Crippen LogP contribution in [0, 0.1) is 3.57 Å². The molecule has 148 valence electrons. The minimum Gasteiger partial charge on any atom is -0.394 e. The molecule has 9 nitrogen and oxygen atoms in total. The summed E-state index contributed by atoms with van der Waals surface area (Å²) in [6.07, 6.45) is -2.88. The predicted molar refractivity (Wildman–Crippen MR) is 110 cm³/mol. The van der Waals surface area contributed by atoms with Gasteiger partial charge in [-0.3, -0.25) is 4.57 Å². The summed E-state index contributed by atoms with van der Waals surface area (Å²) in [5.74, 6) is 0.445. The van der Waals surface area contributed by atoms with Gasteiger partial charge in [0.25, 0.3) is 0 Å². The lowest BCUT2D eigenvalue weighted by Crippen LogP contribution is -2.33. The molecule has 1 aliphatic heterocycles. The number of nitrogens with zero attached hydrogens (tertiary/aromatic N) is 4. The summed E-state index contributed by atoms with van der Waals surface area (Å²) in [5, 5.41) is 32.8. The van der Waals surface area contributed by atoms with Crippen LogP contribution in [0.15, 0.2) is 30.6 Å². The highest BCUT2D eigenvalue weighted by Crippen LogP contribution is 2.32. The molecule has 0 bridgehead atoms. The minimum absolute atomic E-state index is 0.00579. The predicted octanol–water partition coefficient (Wildman–Crippen LogP) is 1.31. The van der Waals surface area contributed by atoms with Crippen molar-refractivity contribution in [3.05, 3.63) is 45.0 Å². The molecule has 28 heavy (non-hydrogen) atoms. The van der Waals surface area contributed by atoms with Crippen molar-refractivity contribution < 1.29 is 20.1 Å². The number of imidazole rings is 1. The van der Waals surface area contributed by atoms with Crippen LogP contribution in [0.25, 0.3) is 11.2 Å². The first-order chi connectivity index (χ1) is 13.5. The molecule has 4 rings (SSSR count). The van der Waals surface area contributed by atoms with Crippen molar-refractivity contribution in [2.75, 3.05) is 11.9 Å². The van der Waals surface area contributed by atoms with E-state index in [2.05, 4.69) is 42.9 Å². The molecule has 0 radical (unpaired) electrons. The smallest absolute Gasteiger partial charge is 0.226 e. The quantitative estimate of drug-likeness (QED) is 0.295. The molecule has 0 aliphatic carbocycles. The molecule has 3 heterocycles. The molecule has 0 unspecified atom stereocenters. The van der Waals surface area contributed by atoms with E-state index in [1.165, 1.54) is 10.9 Å². The van der Waals surface area contributed by atoms with Crippen molar-refractivity contribution in [2.24, 2.45) is 0 Å². The van der Waals surface area contributed by atoms with Gasteiger partial charge in [-0.05, 0) is 45.8 Å². The first-order valence-corrected chi connectivity index (χ1v) is 9.95. The van der Waals surface area contributed by atoms with Gasteiger partial charge < -0.3 is 25.4 Å². The number of benzene rings is 1. The Labute approximate surface area is 178 Å². The number of fused-ring (bicyclic) bond motifs is 1. The molecule has 2 aromatic heterocycles. The molecule has 1 aliphatic rings. The van der Waals surface area contributed by atoms with Gasteiger partial charge >= 0.3 is 0 Å². The zero-order valence-electron chi connectivity index (χ0n) is 14.4. The van der Waals surface area contributed by atoms with Crippen LogP contribution in [0.5, 0.6) is 0 Å². The van der Waals surface area contributed by atoms with E-state index in [1.54, 1.807) is 0 Å². The highest BCUT2D eigenvalue weighted by atomic mass is 127. The molecule has 1 fully saturated rings. The lowest BCUT2D eigenvalue weighted by Gasteiger charge is -2.16. The molecular weight excluding hydrogens is 501 g/mol. The average molecular weight is 518 g/mol. The van der Waals surface area contributed by atoms with Crippen molar-refractivity contribution in [3.8, 4) is 0 Å². The number of hydrogen-bond donors (Lipinski definition) is 4. The molecule has 4 N–H and O–H groups in total. The fraction of sp³-hybridized carbons (Fsp3) is 0.353. The third-order valence-corrected chi connectivity index (χ3v) is 5.81. The zero-order valence-corrected chi connectivity index (χ0v) is 17.3. The van der Waals surface area contributed by atoms with Gasteiger partial charge in [0.05, 0.1) is 12.9 Å². The second kappa shape index (κ2) is 8.05. The number of ether oxygens (including phenoxy) is 1. The maximum Gasteiger partial charge on any atom is 0.226 e. The van der Waals surface area contributed by atoms with E-state index in [0.29, 0.717) is 23.5 Å². The maximum atomic E-state index is 10.3. The molecule has 4 atom stereocenters. The molecule has 3 aromatic rings. The van der Waals surface area contributed by atoms with Crippen LogP contribution >= 0.6 is 34.2 Å². The fourth-order valence-corrected chi connectivity index (χ4v) is 3.87. The number of hydrogen-bond acceptors (Lipinski definition) is 8. The SMILES string of the molecule is OC[C@H]1O[C@@H](n2cnc3c(NCc4ccccc4I)nc(Cl)nc32)[C@H](O)[C@@H]1O. The van der Waals surface area contributed by atoms with E-state index in [1.807, 2.05) is 24.3 Å². The van der Waals surface area contributed by atoms with Gasteiger partial charge in [-0.25, -0.2) is 4.98 Å². The molecule has 1 aromatic carbocycles. The standard InChI is InChI=1S/C17H17ClIN5O4/c18-17-22-14(20-5-8-3-1-2-4-9(8)19)11-15(23-17)24(7-21-11)16-13(27)12(26)10(6-25)28-16/h1-4,7,10,12-13,16,25-27H,5-6H2,(H,20,22,23)/t10-,12-,13-,16-/m1/s1. The normalized spacial score (nSPS) is 24.8. The van der Waals surface area contributed by atoms with Gasteiger partial charge in [-0.15, -0.1) is 0 Å². The lowest BCUT2D eigenvalue weighted by molar-refractivity contribution is -0.0511. The molecule has 0 amide bonds. The molecular formula is C17H17ClIN5O4. The number of nitrogens with one attached hydrogen (secondary N) is 1. The fourth-order valence-electron chi connectivity index (χ4n) is 3.13. The van der Waals surface area contributed by atoms with E-state index in [4.69, 9.17) is 16.3 Å². The van der Waals surface area contributed by atoms with E-state index < -0.39 is 31.1 Å². The third kappa shape index (κ3) is 3.55. The number of rotatable bonds is 5. The van der Waals surface area contributed by atoms with Gasteiger partial charge in [0.1, 0.15) is 18.3 Å². The van der Waals surface area contributed by atoms with E-state index in [9.17, 15) is 15.3 Å². The Morgan fingerprint density at radius 3 is 2.71 bits per heavy atom. The van der Waals surface area contributed by atoms with Crippen LogP contribution < -0.4 is 5.32 Å². The van der Waals surface area contributed by atoms with E-state index in [-0.39, 0.29) is 5.28 Å². The van der Waals surface area contributed by atoms with Crippen molar-refractivity contribution in [1.82, 2.24) is 19.5 Å². The summed E-state index contributed by atoms with van der Waals surface area (Å²) in [5.41, 5.74) is 1.89. The number of anilines is 1. The van der Waals surface area contributed by atoms with Crippen LogP contribution in [0.2, 0.25) is 5.28 Å².